The Bertz CT molecular complexity index is 1220. The predicted molar refractivity (Wildman–Crippen MR) is 94.9 cm³/mol. The first-order valence-electron chi connectivity index (χ1n) is 8.29. The molecule has 0 bridgehead atoms. The molecule has 0 aliphatic carbocycles. The van der Waals surface area contributed by atoms with E-state index in [1.807, 2.05) is 0 Å². The van der Waals surface area contributed by atoms with Crippen molar-refractivity contribution in [3.05, 3.63) is 71.7 Å². The van der Waals surface area contributed by atoms with Crippen molar-refractivity contribution in [2.24, 2.45) is 0 Å². The van der Waals surface area contributed by atoms with E-state index in [0.717, 1.165) is 30.3 Å². The third kappa shape index (κ3) is 2.87. The molecule has 2 aromatic heterocycles. The molecule has 0 atom stereocenters. The lowest BCUT2D eigenvalue weighted by Crippen LogP contribution is -2.08. The number of hydrogen-bond acceptors (Lipinski definition) is 2. The molecule has 2 aromatic carbocycles. The SMILES string of the molecule is CC(=O)n1c(C)nn2cc(-c3cc(F)cc(F)c3)c(-c3cc(F)cc(F)c3)c12. The van der Waals surface area contributed by atoms with Gasteiger partial charge in [-0.3, -0.25) is 4.79 Å². The van der Waals surface area contributed by atoms with Crippen LogP contribution in [0.5, 0.6) is 0 Å². The molecule has 0 saturated carbocycles. The van der Waals surface area contributed by atoms with E-state index in [0.29, 0.717) is 11.9 Å². The number of benzene rings is 2. The summed E-state index contributed by atoms with van der Waals surface area (Å²) in [5.41, 5.74) is 1.02. The highest BCUT2D eigenvalue weighted by Crippen LogP contribution is 2.38. The fourth-order valence-electron chi connectivity index (χ4n) is 3.42. The third-order valence-corrected chi connectivity index (χ3v) is 4.39. The van der Waals surface area contributed by atoms with Crippen LogP contribution in [-0.2, 0) is 0 Å². The highest BCUT2D eigenvalue weighted by atomic mass is 19.1. The zero-order chi connectivity index (χ0) is 20.2. The first-order valence-corrected chi connectivity index (χ1v) is 8.29. The Kier molecular flexibility index (Phi) is 4.06. The lowest BCUT2D eigenvalue weighted by molar-refractivity contribution is 0.0939. The minimum absolute atomic E-state index is 0.113. The summed E-state index contributed by atoms with van der Waals surface area (Å²) in [4.78, 5) is 12.2. The van der Waals surface area contributed by atoms with E-state index in [-0.39, 0.29) is 33.8 Å². The first kappa shape index (κ1) is 18.0. The van der Waals surface area contributed by atoms with E-state index in [2.05, 4.69) is 5.10 Å². The van der Waals surface area contributed by atoms with Crippen molar-refractivity contribution < 1.29 is 22.4 Å². The molecule has 0 unspecified atom stereocenters. The summed E-state index contributed by atoms with van der Waals surface area (Å²) >= 11 is 0. The molecule has 4 rings (SSSR count). The average molecular weight is 387 g/mol. The molecule has 4 nitrogen and oxygen atoms in total. The maximum Gasteiger partial charge on any atom is 0.230 e. The summed E-state index contributed by atoms with van der Waals surface area (Å²) in [6.45, 7) is 2.92. The average Bonchev–Trinajstić information content (AvgIpc) is 3.06. The van der Waals surface area contributed by atoms with Gasteiger partial charge in [0.1, 0.15) is 29.1 Å². The second kappa shape index (κ2) is 6.33. The Hall–Kier alpha value is -3.42. The highest BCUT2D eigenvalue weighted by molar-refractivity contribution is 5.97. The van der Waals surface area contributed by atoms with Crippen molar-refractivity contribution in [3.8, 4) is 22.3 Å². The van der Waals surface area contributed by atoms with Crippen molar-refractivity contribution in [3.63, 3.8) is 0 Å². The minimum atomic E-state index is -0.823. The number of carbonyl (C=O) groups is 1. The van der Waals surface area contributed by atoms with Crippen LogP contribution in [0, 0.1) is 30.2 Å². The van der Waals surface area contributed by atoms with E-state index >= 15 is 0 Å². The van der Waals surface area contributed by atoms with Crippen molar-refractivity contribution in [1.29, 1.82) is 0 Å². The molecule has 0 spiro atoms. The molecule has 0 amide bonds. The molecule has 0 aliphatic rings. The number of halogens is 4. The standard InChI is InChI=1S/C20H13F4N3O/c1-10-25-26-9-18(12-3-14(21)7-15(22)4-12)19(20(26)27(10)11(2)28)13-5-16(23)8-17(24)6-13/h3-9H,1-2H3. The largest absolute Gasteiger partial charge is 0.274 e. The van der Waals surface area contributed by atoms with Gasteiger partial charge in [0, 0.05) is 36.4 Å². The zero-order valence-corrected chi connectivity index (χ0v) is 14.8. The van der Waals surface area contributed by atoms with Crippen molar-refractivity contribution in [2.75, 3.05) is 0 Å². The van der Waals surface area contributed by atoms with Crippen molar-refractivity contribution in [1.82, 2.24) is 14.2 Å². The summed E-state index contributed by atoms with van der Waals surface area (Å²) in [5, 5.41) is 4.24. The number of nitrogens with zero attached hydrogens (tertiary/aromatic N) is 3. The molecule has 4 aromatic rings. The number of rotatable bonds is 2. The van der Waals surface area contributed by atoms with E-state index in [1.165, 1.54) is 22.2 Å². The number of aromatic nitrogens is 3. The van der Waals surface area contributed by atoms with Gasteiger partial charge in [0.2, 0.25) is 5.91 Å². The molecule has 0 saturated heterocycles. The Labute approximate surface area is 156 Å². The molecule has 8 heteroatoms. The maximum atomic E-state index is 13.9. The lowest BCUT2D eigenvalue weighted by Gasteiger charge is -2.09. The van der Waals surface area contributed by atoms with Gasteiger partial charge in [0.05, 0.1) is 0 Å². The number of carbonyl (C=O) groups excluding carboxylic acids is 1. The number of aryl methyl sites for hydroxylation is 1. The van der Waals surface area contributed by atoms with Gasteiger partial charge in [0.25, 0.3) is 0 Å². The predicted octanol–water partition coefficient (Wildman–Crippen LogP) is 4.99. The molecule has 28 heavy (non-hydrogen) atoms. The van der Waals surface area contributed by atoms with Gasteiger partial charge in [-0.15, -0.1) is 0 Å². The van der Waals surface area contributed by atoms with Gasteiger partial charge in [0.15, 0.2) is 5.65 Å². The molecule has 0 aliphatic heterocycles. The smallest absolute Gasteiger partial charge is 0.230 e. The third-order valence-electron chi connectivity index (χ3n) is 4.39. The second-order valence-electron chi connectivity index (χ2n) is 6.40. The molecule has 142 valence electrons. The van der Waals surface area contributed by atoms with Crippen molar-refractivity contribution in [2.45, 2.75) is 13.8 Å². The summed E-state index contributed by atoms with van der Waals surface area (Å²) in [5.74, 6) is -3.26. The molecule has 0 fully saturated rings. The van der Waals surface area contributed by atoms with E-state index in [1.54, 1.807) is 6.92 Å². The van der Waals surface area contributed by atoms with Gasteiger partial charge in [-0.1, -0.05) is 0 Å². The normalized spacial score (nSPS) is 11.4. The highest BCUT2D eigenvalue weighted by Gasteiger charge is 2.23. The lowest BCUT2D eigenvalue weighted by atomic mass is 9.98. The topological polar surface area (TPSA) is 39.3 Å². The zero-order valence-electron chi connectivity index (χ0n) is 14.8. The number of hydrogen-bond donors (Lipinski definition) is 0. The molecular formula is C20H13F4N3O. The van der Waals surface area contributed by atoms with Gasteiger partial charge in [-0.05, 0) is 42.3 Å². The maximum absolute atomic E-state index is 13.9. The molecule has 0 N–H and O–H groups in total. The Morgan fingerprint density at radius 2 is 1.36 bits per heavy atom. The van der Waals surface area contributed by atoms with Crippen LogP contribution in [-0.4, -0.2) is 20.1 Å². The van der Waals surface area contributed by atoms with Crippen LogP contribution in [0.15, 0.2) is 42.6 Å². The van der Waals surface area contributed by atoms with Crippen LogP contribution in [0.2, 0.25) is 0 Å². The quantitative estimate of drug-likeness (QED) is 0.455. The van der Waals surface area contributed by atoms with E-state index in [9.17, 15) is 22.4 Å². The molecule has 0 radical (unpaired) electrons. The fraction of sp³-hybridized carbons (Fsp3) is 0.100. The summed E-state index contributed by atoms with van der Waals surface area (Å²) in [6, 6.07) is 5.81. The summed E-state index contributed by atoms with van der Waals surface area (Å²) in [7, 11) is 0. The van der Waals surface area contributed by atoms with Crippen LogP contribution < -0.4 is 0 Å². The first-order chi connectivity index (χ1) is 13.2. The van der Waals surface area contributed by atoms with Crippen LogP contribution in [0.4, 0.5) is 17.6 Å². The van der Waals surface area contributed by atoms with Crippen LogP contribution in [0.25, 0.3) is 27.9 Å². The Morgan fingerprint density at radius 1 is 0.857 bits per heavy atom. The molecular weight excluding hydrogens is 374 g/mol. The minimum Gasteiger partial charge on any atom is -0.274 e. The van der Waals surface area contributed by atoms with Crippen LogP contribution in [0.3, 0.4) is 0 Å². The van der Waals surface area contributed by atoms with Crippen molar-refractivity contribution >= 4 is 11.6 Å². The number of fused-ring (bicyclic) bond motifs is 1. The second-order valence-corrected chi connectivity index (χ2v) is 6.40. The van der Waals surface area contributed by atoms with Crippen LogP contribution >= 0.6 is 0 Å². The summed E-state index contributed by atoms with van der Waals surface area (Å²) < 4.78 is 58.0. The van der Waals surface area contributed by atoms with E-state index < -0.39 is 23.3 Å². The summed E-state index contributed by atoms with van der Waals surface area (Å²) in [6.07, 6.45) is 1.47. The van der Waals surface area contributed by atoms with E-state index in [4.69, 9.17) is 0 Å². The Balaban J connectivity index is 2.15. The van der Waals surface area contributed by atoms with Gasteiger partial charge < -0.3 is 0 Å². The fourth-order valence-corrected chi connectivity index (χ4v) is 3.42. The van der Waals surface area contributed by atoms with Gasteiger partial charge in [-0.2, -0.15) is 5.10 Å². The van der Waals surface area contributed by atoms with Crippen LogP contribution in [0.1, 0.15) is 17.5 Å². The van der Waals surface area contributed by atoms with Gasteiger partial charge in [-0.25, -0.2) is 26.6 Å². The van der Waals surface area contributed by atoms with Gasteiger partial charge >= 0.3 is 0 Å². The Morgan fingerprint density at radius 3 is 1.86 bits per heavy atom. The monoisotopic (exact) mass is 387 g/mol. The molecule has 2 heterocycles.